The summed E-state index contributed by atoms with van der Waals surface area (Å²) < 4.78 is 59.1. The van der Waals surface area contributed by atoms with Gasteiger partial charge in [0.2, 0.25) is 6.79 Å². The van der Waals surface area contributed by atoms with E-state index < -0.39 is 64.1 Å². The molecule has 0 aromatic heterocycles. The molecule has 0 aromatic carbocycles. The molecule has 6 atom stereocenters. The van der Waals surface area contributed by atoms with Crippen molar-refractivity contribution >= 4 is 13.8 Å². The average molecular weight is 544 g/mol. The second kappa shape index (κ2) is 17.2. The van der Waals surface area contributed by atoms with Gasteiger partial charge in [-0.2, -0.15) is 0 Å². The Labute approximate surface area is 210 Å². The predicted octanol–water partition coefficient (Wildman–Crippen LogP) is 0.910. The first-order valence-electron chi connectivity index (χ1n) is 11.2. The molecule has 1 rings (SSSR count). The van der Waals surface area contributed by atoms with E-state index in [1.54, 1.807) is 13.8 Å². The summed E-state index contributed by atoms with van der Waals surface area (Å²) in [5.74, 6) is 2.20. The topological polar surface area (TPSA) is 178 Å². The quantitative estimate of drug-likeness (QED) is 0.0773. The Morgan fingerprint density at radius 1 is 0.972 bits per heavy atom. The second-order valence-corrected chi connectivity index (χ2v) is 10.3. The van der Waals surface area contributed by atoms with E-state index in [1.807, 2.05) is 13.8 Å². The summed E-state index contributed by atoms with van der Waals surface area (Å²) in [6, 6.07) is 0. The fourth-order valence-corrected chi connectivity index (χ4v) is 4.04. The first-order chi connectivity index (χ1) is 17.0. The predicted molar refractivity (Wildman–Crippen MR) is 121 cm³/mol. The molecule has 0 aromatic rings. The molecule has 0 saturated carbocycles. The summed E-state index contributed by atoms with van der Waals surface area (Å²) in [7, 11) is -4.00. The number of rotatable bonds is 17. The van der Waals surface area contributed by atoms with Crippen molar-refractivity contribution in [3.8, 4) is 12.3 Å². The third kappa shape index (κ3) is 12.8. The normalized spacial score (nSPS) is 25.9. The van der Waals surface area contributed by atoms with Crippen LogP contribution in [0.1, 0.15) is 34.1 Å². The van der Waals surface area contributed by atoms with Crippen LogP contribution in [-0.2, 0) is 46.8 Å². The summed E-state index contributed by atoms with van der Waals surface area (Å²) in [4.78, 5) is 11.5. The highest BCUT2D eigenvalue weighted by Crippen LogP contribution is 2.49. The lowest BCUT2D eigenvalue weighted by atomic mass is 9.97. The maximum atomic E-state index is 13.2. The lowest BCUT2D eigenvalue weighted by molar-refractivity contribution is -0.293. The molecule has 0 amide bonds. The summed E-state index contributed by atoms with van der Waals surface area (Å²) >= 11 is 0. The van der Waals surface area contributed by atoms with Crippen LogP contribution < -0.4 is 0 Å². The minimum atomic E-state index is -4.00. The van der Waals surface area contributed by atoms with Crippen molar-refractivity contribution in [2.45, 2.75) is 77.0 Å². The van der Waals surface area contributed by atoms with Gasteiger partial charge in [0, 0.05) is 0 Å². The molecule has 6 unspecified atom stereocenters. The van der Waals surface area contributed by atoms with Crippen LogP contribution >= 0.6 is 7.60 Å². The number of carbonyl (C=O) groups is 1. The molecule has 0 aliphatic carbocycles. The van der Waals surface area contributed by atoms with Gasteiger partial charge < -0.3 is 48.5 Å². The minimum Gasteiger partial charge on any atom is -0.432 e. The summed E-state index contributed by atoms with van der Waals surface area (Å²) in [6.07, 6.45) is -4.09. The fraction of sp³-hybridized carbons (Fsp3) is 0.857. The van der Waals surface area contributed by atoms with E-state index in [-0.39, 0.29) is 38.9 Å². The molecule has 0 radical (unpaired) electrons. The first-order valence-corrected chi connectivity index (χ1v) is 12.9. The van der Waals surface area contributed by atoms with Gasteiger partial charge in [0.1, 0.15) is 31.7 Å². The maximum Gasteiger partial charge on any atom is 0.510 e. The number of hydrogen-bond donors (Lipinski definition) is 3. The Morgan fingerprint density at radius 3 is 2.28 bits per heavy atom. The maximum absolute atomic E-state index is 13.2. The number of aliphatic hydroxyl groups excluding tert-OH is 3. The van der Waals surface area contributed by atoms with E-state index in [0.717, 1.165) is 0 Å². The molecule has 0 spiro atoms. The smallest absolute Gasteiger partial charge is 0.432 e. The monoisotopic (exact) mass is 544 g/mol. The molecule has 210 valence electrons. The van der Waals surface area contributed by atoms with Gasteiger partial charge in [-0.1, -0.05) is 5.92 Å². The van der Waals surface area contributed by atoms with Crippen LogP contribution in [-0.4, -0.2) is 104 Å². The SMILES string of the molecule is C#CCOC1OC(CCP(=O)(OCOCOCOC(C)C)OCOC(=O)OC(C)C)C(O)C(O)C1O. The lowest BCUT2D eigenvalue weighted by Crippen LogP contribution is -2.58. The third-order valence-electron chi connectivity index (χ3n) is 4.43. The average Bonchev–Trinajstić information content (AvgIpc) is 2.80. The zero-order chi connectivity index (χ0) is 27.1. The fourth-order valence-electron chi connectivity index (χ4n) is 2.68. The molecule has 1 aliphatic rings. The van der Waals surface area contributed by atoms with Gasteiger partial charge >= 0.3 is 13.8 Å². The van der Waals surface area contributed by atoms with E-state index in [0.29, 0.717) is 0 Å². The van der Waals surface area contributed by atoms with Gasteiger partial charge in [0.05, 0.1) is 24.5 Å². The Kier molecular flexibility index (Phi) is 15.6. The third-order valence-corrected chi connectivity index (χ3v) is 6.23. The van der Waals surface area contributed by atoms with Crippen molar-refractivity contribution in [2.75, 3.05) is 39.9 Å². The van der Waals surface area contributed by atoms with Gasteiger partial charge in [-0.25, -0.2) is 4.79 Å². The van der Waals surface area contributed by atoms with Crippen LogP contribution in [0.3, 0.4) is 0 Å². The van der Waals surface area contributed by atoms with E-state index in [1.165, 1.54) is 0 Å². The van der Waals surface area contributed by atoms with E-state index in [4.69, 9.17) is 48.6 Å². The Bertz CT molecular complexity index is 711. The summed E-state index contributed by atoms with van der Waals surface area (Å²) in [5, 5.41) is 30.4. The van der Waals surface area contributed by atoms with Gasteiger partial charge in [-0.3, -0.25) is 13.6 Å². The molecular formula is C21H37O14P. The van der Waals surface area contributed by atoms with Crippen LogP contribution in [0.25, 0.3) is 0 Å². The number of aliphatic hydroxyl groups is 3. The summed E-state index contributed by atoms with van der Waals surface area (Å²) in [5.41, 5.74) is 0. The van der Waals surface area contributed by atoms with Crippen molar-refractivity contribution < 1.29 is 66.9 Å². The number of terminal acetylenes is 1. The molecule has 0 bridgehead atoms. The zero-order valence-corrected chi connectivity index (χ0v) is 21.7. The zero-order valence-electron chi connectivity index (χ0n) is 20.8. The molecule has 1 fully saturated rings. The highest BCUT2D eigenvalue weighted by atomic mass is 31.2. The first kappa shape index (κ1) is 32.7. The second-order valence-electron chi connectivity index (χ2n) is 8.07. The molecule has 1 saturated heterocycles. The van der Waals surface area contributed by atoms with Crippen molar-refractivity contribution in [1.82, 2.24) is 0 Å². The number of carbonyl (C=O) groups excluding carboxylic acids is 1. The number of hydrogen-bond acceptors (Lipinski definition) is 14. The molecule has 1 heterocycles. The van der Waals surface area contributed by atoms with E-state index in [9.17, 15) is 24.7 Å². The van der Waals surface area contributed by atoms with Crippen LogP contribution in [0.5, 0.6) is 0 Å². The van der Waals surface area contributed by atoms with Crippen molar-refractivity contribution in [3.63, 3.8) is 0 Å². The summed E-state index contributed by atoms with van der Waals surface area (Å²) in [6.45, 7) is 5.15. The molecular weight excluding hydrogens is 507 g/mol. The van der Waals surface area contributed by atoms with Crippen LogP contribution in [0.4, 0.5) is 4.79 Å². The van der Waals surface area contributed by atoms with Crippen molar-refractivity contribution in [2.24, 2.45) is 0 Å². The van der Waals surface area contributed by atoms with Gasteiger partial charge in [0.25, 0.3) is 0 Å². The van der Waals surface area contributed by atoms with Crippen LogP contribution in [0, 0.1) is 12.3 Å². The molecule has 14 nitrogen and oxygen atoms in total. The molecule has 15 heteroatoms. The molecule has 36 heavy (non-hydrogen) atoms. The van der Waals surface area contributed by atoms with Crippen LogP contribution in [0.2, 0.25) is 0 Å². The minimum absolute atomic E-state index is 0.0222. The molecule has 1 aliphatic heterocycles. The van der Waals surface area contributed by atoms with Gasteiger partial charge in [0.15, 0.2) is 19.9 Å². The highest BCUT2D eigenvalue weighted by molar-refractivity contribution is 7.53. The van der Waals surface area contributed by atoms with Crippen molar-refractivity contribution in [1.29, 1.82) is 0 Å². The Morgan fingerprint density at radius 2 is 1.64 bits per heavy atom. The standard InChI is InChI=1S/C21H37O14P/c1-6-8-29-20-19(24)18(23)17(22)16(35-20)7-9-36(26,33-13-31-21(25)34-15(4)5)32-12-28-10-27-11-30-14(2)3/h1,14-20,22-24H,7-13H2,2-5H3. The van der Waals surface area contributed by atoms with Crippen molar-refractivity contribution in [3.05, 3.63) is 0 Å². The lowest BCUT2D eigenvalue weighted by Gasteiger charge is -2.40. The highest BCUT2D eigenvalue weighted by Gasteiger charge is 2.45. The van der Waals surface area contributed by atoms with E-state index in [2.05, 4.69) is 5.92 Å². The largest absolute Gasteiger partial charge is 0.510 e. The number of ether oxygens (including phenoxy) is 7. The van der Waals surface area contributed by atoms with Crippen LogP contribution in [0.15, 0.2) is 0 Å². The van der Waals surface area contributed by atoms with Gasteiger partial charge in [-0.15, -0.1) is 6.42 Å². The van der Waals surface area contributed by atoms with E-state index >= 15 is 0 Å². The Balaban J connectivity index is 2.69. The Hall–Kier alpha value is -1.34. The van der Waals surface area contributed by atoms with Gasteiger partial charge in [-0.05, 0) is 34.1 Å². The molecule has 3 N–H and O–H groups in total.